The molecule has 2 heterocycles. The molecule has 0 saturated carbocycles. The molecule has 0 aliphatic heterocycles. The highest BCUT2D eigenvalue weighted by molar-refractivity contribution is 7.98. The summed E-state index contributed by atoms with van der Waals surface area (Å²) in [6.45, 7) is 0.422. The van der Waals surface area contributed by atoms with E-state index in [0.29, 0.717) is 35.3 Å². The Balaban J connectivity index is 0.000000777. The number of hydrogen-bond acceptors (Lipinski definition) is 13. The van der Waals surface area contributed by atoms with Crippen molar-refractivity contribution in [3.63, 3.8) is 0 Å². The van der Waals surface area contributed by atoms with Gasteiger partial charge in [0.2, 0.25) is 5.96 Å². The standard InChI is InChI=1S/C19H25N9O4S5.C4H4O4/c1-22-17(23-6-8-33-11-13-12-35-18(25-13)26-16(20)21)27-36(29,30)14-4-3-5-15(10-14)37(31,32)28(2)19-24-7-9-34-19;5-3(6)1-2-4(7)8/h3-5,7,9-10,12H,6,8,11H2,1-2H3,(H2,22,23,27)(H4,20,21,25,26);1-2H,(H,5,6)(H,7,8)/b;2-1+. The van der Waals surface area contributed by atoms with E-state index in [2.05, 4.69) is 30.0 Å². The van der Waals surface area contributed by atoms with Crippen LogP contribution in [0.4, 0.5) is 10.3 Å². The molecule has 0 fully saturated rings. The van der Waals surface area contributed by atoms with Crippen LogP contribution in [0.2, 0.25) is 0 Å². The number of carbonyl (C=O) groups is 2. The third-order valence-electron chi connectivity index (χ3n) is 4.87. The molecule has 2 aromatic heterocycles. The van der Waals surface area contributed by atoms with Crippen LogP contribution in [0.25, 0.3) is 0 Å². The van der Waals surface area contributed by atoms with E-state index in [9.17, 15) is 31.5 Å². The van der Waals surface area contributed by atoms with Crippen LogP contribution in [-0.2, 0) is 35.4 Å². The molecule has 0 unspecified atom stereocenters. The van der Waals surface area contributed by atoms with E-state index in [-0.39, 0.29) is 26.8 Å². The Morgan fingerprint density at radius 1 is 1.20 bits per heavy atom. The van der Waals surface area contributed by atoms with Crippen LogP contribution in [0.3, 0.4) is 0 Å². The maximum atomic E-state index is 13.0. The number of nitrogens with one attached hydrogen (secondary N) is 3. The van der Waals surface area contributed by atoms with Crippen LogP contribution in [0.15, 0.2) is 68.2 Å². The number of aliphatic carboxylic acids is 2. The Kier molecular flexibility index (Phi) is 14.2. The molecule has 0 aliphatic rings. The predicted octanol–water partition coefficient (Wildman–Crippen LogP) is -2.43. The van der Waals surface area contributed by atoms with Crippen molar-refractivity contribution in [2.24, 2.45) is 16.5 Å². The van der Waals surface area contributed by atoms with Gasteiger partial charge in [0.15, 0.2) is 5.13 Å². The van der Waals surface area contributed by atoms with Gasteiger partial charge in [-0.15, -0.1) is 16.3 Å². The van der Waals surface area contributed by atoms with Crippen LogP contribution in [0.5, 0.6) is 0 Å². The second kappa shape index (κ2) is 17.3. The number of benzene rings is 1. The molecule has 0 radical (unpaired) electrons. The quantitative estimate of drug-likeness (QED) is 0.0464. The number of carboxylic acids is 2. The van der Waals surface area contributed by atoms with Gasteiger partial charge < -0.3 is 31.8 Å². The molecular weight excluding hydrogens is 691 g/mol. The molecule has 22 heteroatoms. The second-order valence-electron chi connectivity index (χ2n) is 8.13. The smallest absolute Gasteiger partial charge is 0.328 e. The van der Waals surface area contributed by atoms with Crippen molar-refractivity contribution in [3.8, 4) is 0 Å². The molecule has 3 aromatic rings. The molecular formula is C23H29N9O8S5. The normalized spacial score (nSPS) is 11.7. The Morgan fingerprint density at radius 2 is 1.91 bits per heavy atom. The van der Waals surface area contributed by atoms with Gasteiger partial charge in [-0.1, -0.05) is 17.4 Å². The van der Waals surface area contributed by atoms with Gasteiger partial charge >= 0.3 is 11.9 Å². The van der Waals surface area contributed by atoms with E-state index in [4.69, 9.17) is 16.6 Å². The fourth-order valence-corrected chi connectivity index (χ4v) is 7.66. The molecule has 3 rings (SSSR count). The molecule has 244 valence electrons. The zero-order valence-corrected chi connectivity index (χ0v) is 27.7. The number of carboxylic acid groups (broad SMARTS) is 2. The number of nitrogens with two attached hydrogens (primary N) is 2. The minimum absolute atomic E-state index is 0.0304. The zero-order valence-electron chi connectivity index (χ0n) is 23.6. The number of nitrogens with zero attached hydrogens (tertiary/aromatic N) is 4. The number of sulfonamides is 2. The zero-order chi connectivity index (χ0) is 33.6. The summed E-state index contributed by atoms with van der Waals surface area (Å²) in [4.78, 5) is 33.6. The topological polar surface area (TPSA) is 277 Å². The average molecular weight is 720 g/mol. The number of carbonyl (C=O) groups excluding carboxylic acids is 1. The van der Waals surface area contributed by atoms with Crippen molar-refractivity contribution >= 4 is 88.6 Å². The minimum Gasteiger partial charge on any atom is -0.545 e. The van der Waals surface area contributed by atoms with Crippen molar-refractivity contribution in [3.05, 3.63) is 59.1 Å². The summed E-state index contributed by atoms with van der Waals surface area (Å²) in [5, 5.41) is 24.6. The monoisotopic (exact) mass is 719 g/mol. The van der Waals surface area contributed by atoms with Crippen LogP contribution in [0, 0.1) is 0 Å². The minimum atomic E-state index is -4.11. The second-order valence-corrected chi connectivity index (χ2v) is 14.6. The molecule has 8 N–H and O–H groups in total. The van der Waals surface area contributed by atoms with E-state index < -0.39 is 32.0 Å². The lowest BCUT2D eigenvalue weighted by Gasteiger charge is -2.17. The van der Waals surface area contributed by atoms with Gasteiger partial charge in [-0.3, -0.25) is 4.99 Å². The first-order valence-corrected chi connectivity index (χ1v) is 18.0. The lowest BCUT2D eigenvalue weighted by molar-refractivity contribution is -0.355. The van der Waals surface area contributed by atoms with Crippen molar-refractivity contribution in [1.29, 1.82) is 0 Å². The number of rotatable bonds is 13. The number of guanidine groups is 2. The molecule has 0 atom stereocenters. The van der Waals surface area contributed by atoms with Gasteiger partial charge in [0.1, 0.15) is 5.69 Å². The molecule has 17 nitrogen and oxygen atoms in total. The summed E-state index contributed by atoms with van der Waals surface area (Å²) in [5.74, 6) is -1.42. The molecule has 0 amide bonds. The third-order valence-corrected chi connectivity index (χ3v) is 10.7. The van der Waals surface area contributed by atoms with Crippen LogP contribution >= 0.6 is 34.4 Å². The van der Waals surface area contributed by atoms with Gasteiger partial charge in [-0.05, 0) is 24.3 Å². The number of thiazole rings is 2. The predicted molar refractivity (Wildman–Crippen MR) is 170 cm³/mol. The molecule has 0 aliphatic carbocycles. The Bertz CT molecular complexity index is 1740. The first-order chi connectivity index (χ1) is 21.1. The number of anilines is 1. The van der Waals surface area contributed by atoms with Crippen molar-refractivity contribution in [2.45, 2.75) is 15.5 Å². The van der Waals surface area contributed by atoms with Crippen LogP contribution in [-0.4, -0.2) is 82.2 Å². The van der Waals surface area contributed by atoms with E-state index in [1.54, 1.807) is 17.1 Å². The number of aromatic nitrogens is 2. The van der Waals surface area contributed by atoms with Crippen molar-refractivity contribution in [2.75, 3.05) is 30.7 Å². The summed E-state index contributed by atoms with van der Waals surface area (Å²) in [5.41, 5.74) is 11.7. The van der Waals surface area contributed by atoms with E-state index in [0.717, 1.165) is 27.4 Å². The lowest BCUT2D eigenvalue weighted by Crippen LogP contribution is -2.72. The molecule has 0 saturated heterocycles. The van der Waals surface area contributed by atoms with Crippen LogP contribution in [0.1, 0.15) is 5.69 Å². The number of hydrogen-bond donors (Lipinski definition) is 6. The lowest BCUT2D eigenvalue weighted by atomic mass is 10.4. The Labute approximate surface area is 270 Å². The first kappa shape index (κ1) is 36.9. The maximum Gasteiger partial charge on any atom is 0.328 e. The van der Waals surface area contributed by atoms with E-state index in [1.165, 1.54) is 49.8 Å². The molecule has 45 heavy (non-hydrogen) atoms. The Hall–Kier alpha value is -4.25. The third kappa shape index (κ3) is 12.3. The number of aliphatic imine (C=N–C) groups is 1. The highest BCUT2D eigenvalue weighted by atomic mass is 32.2. The summed E-state index contributed by atoms with van der Waals surface area (Å²) in [7, 11) is -5.33. The van der Waals surface area contributed by atoms with Crippen LogP contribution < -0.4 is 35.9 Å². The molecule has 0 spiro atoms. The van der Waals surface area contributed by atoms with Gasteiger partial charge in [0, 0.05) is 55.2 Å². The fourth-order valence-electron chi connectivity index (χ4n) is 2.89. The fraction of sp³-hybridized carbons (Fsp3) is 0.217. The van der Waals surface area contributed by atoms with E-state index in [1.807, 2.05) is 5.38 Å². The van der Waals surface area contributed by atoms with Gasteiger partial charge in [-0.2, -0.15) is 11.8 Å². The van der Waals surface area contributed by atoms with Gasteiger partial charge in [0.25, 0.3) is 25.2 Å². The summed E-state index contributed by atoms with van der Waals surface area (Å²) >= 11 is 4.13. The van der Waals surface area contributed by atoms with Crippen molar-refractivity contribution in [1.82, 2.24) is 20.0 Å². The maximum absolute atomic E-state index is 13.0. The highest BCUT2D eigenvalue weighted by Gasteiger charge is 2.25. The molecule has 0 bridgehead atoms. The highest BCUT2D eigenvalue weighted by Crippen LogP contribution is 2.25. The summed E-state index contributed by atoms with van der Waals surface area (Å²) in [6.07, 6.45) is 2.43. The van der Waals surface area contributed by atoms with Gasteiger partial charge in [0.05, 0.1) is 15.8 Å². The average Bonchev–Trinajstić information content (AvgIpc) is 3.67. The van der Waals surface area contributed by atoms with Gasteiger partial charge in [-0.25, -0.2) is 40.6 Å². The van der Waals surface area contributed by atoms with Crippen molar-refractivity contribution < 1.29 is 41.6 Å². The Morgan fingerprint density at radius 3 is 2.49 bits per heavy atom. The summed E-state index contributed by atoms with van der Waals surface area (Å²) < 4.78 is 55.2. The van der Waals surface area contributed by atoms with E-state index >= 15 is 0 Å². The SMILES string of the molecule is CN=C(NCCSCc1csc([NH+]=C(N)N)n1)NS(=O)(=O)c1cccc(S(=O)(=O)N(C)c2nccs2)c1.O=C([O-])/C=C/C(=O)O. The largest absolute Gasteiger partial charge is 0.545 e. The molecule has 1 aromatic carbocycles. The number of thioether (sulfide) groups is 1. The first-order valence-electron chi connectivity index (χ1n) is 12.2. The summed E-state index contributed by atoms with van der Waals surface area (Å²) in [6, 6.07) is 5.09.